The van der Waals surface area contributed by atoms with E-state index in [1.54, 1.807) is 49.6 Å². The Kier molecular flexibility index (Phi) is 7.95. The van der Waals surface area contributed by atoms with Crippen molar-refractivity contribution in [3.8, 4) is 17.2 Å². The van der Waals surface area contributed by atoms with Crippen molar-refractivity contribution < 1.29 is 28.5 Å². The fourth-order valence-electron chi connectivity index (χ4n) is 2.31. The van der Waals surface area contributed by atoms with E-state index in [1.165, 1.54) is 14.0 Å². The molecule has 0 aliphatic heterocycles. The second-order valence-electron chi connectivity index (χ2n) is 5.76. The average molecular weight is 408 g/mol. The van der Waals surface area contributed by atoms with Crippen LogP contribution in [0.1, 0.15) is 12.5 Å². The molecule has 0 aromatic heterocycles. The highest BCUT2D eigenvalue weighted by Gasteiger charge is 2.18. The molecular formula is C20H22ClNO6. The van der Waals surface area contributed by atoms with Crippen LogP contribution in [0.2, 0.25) is 5.02 Å². The molecule has 2 aromatic carbocycles. The Morgan fingerprint density at radius 2 is 1.75 bits per heavy atom. The van der Waals surface area contributed by atoms with Gasteiger partial charge in [-0.1, -0.05) is 29.8 Å². The molecule has 0 saturated heterocycles. The first-order valence-electron chi connectivity index (χ1n) is 8.50. The van der Waals surface area contributed by atoms with Gasteiger partial charge in [-0.25, -0.2) is 4.79 Å². The van der Waals surface area contributed by atoms with Crippen LogP contribution in [0.4, 0.5) is 0 Å². The standard InChI is InChI=1S/C20H22ClNO6/c1-13(28-19(23)12-27-16-7-5-4-6-15(16)21)20(24)22-11-14-8-9-17(25-2)18(10-14)26-3/h4-10,13H,11-12H2,1-3H3,(H,22,24). The van der Waals surface area contributed by atoms with Crippen LogP contribution in [0.3, 0.4) is 0 Å². The number of nitrogens with one attached hydrogen (secondary N) is 1. The van der Waals surface area contributed by atoms with Crippen LogP contribution >= 0.6 is 11.6 Å². The smallest absolute Gasteiger partial charge is 0.344 e. The van der Waals surface area contributed by atoms with Crippen LogP contribution in [-0.4, -0.2) is 38.8 Å². The summed E-state index contributed by atoms with van der Waals surface area (Å²) >= 11 is 5.95. The number of rotatable bonds is 9. The number of methoxy groups -OCH3 is 2. The third-order valence-electron chi connectivity index (χ3n) is 3.77. The highest BCUT2D eigenvalue weighted by atomic mass is 35.5. The molecule has 0 bridgehead atoms. The monoisotopic (exact) mass is 407 g/mol. The van der Waals surface area contributed by atoms with Crippen molar-refractivity contribution in [2.45, 2.75) is 19.6 Å². The summed E-state index contributed by atoms with van der Waals surface area (Å²) in [7, 11) is 3.08. The zero-order valence-electron chi connectivity index (χ0n) is 15.9. The second-order valence-corrected chi connectivity index (χ2v) is 6.17. The quantitative estimate of drug-likeness (QED) is 0.643. The van der Waals surface area contributed by atoms with Crippen LogP contribution in [0, 0.1) is 0 Å². The summed E-state index contributed by atoms with van der Waals surface area (Å²) < 4.78 is 20.8. The molecule has 1 atom stereocenters. The van der Waals surface area contributed by atoms with Gasteiger partial charge in [0.15, 0.2) is 24.2 Å². The number of hydrogen-bond acceptors (Lipinski definition) is 6. The minimum atomic E-state index is -0.970. The number of amides is 1. The highest BCUT2D eigenvalue weighted by molar-refractivity contribution is 6.32. The number of carbonyl (C=O) groups is 2. The molecule has 1 N–H and O–H groups in total. The van der Waals surface area contributed by atoms with Crippen LogP contribution < -0.4 is 19.5 Å². The molecule has 0 aliphatic rings. The number of carbonyl (C=O) groups excluding carboxylic acids is 2. The van der Waals surface area contributed by atoms with Crippen molar-refractivity contribution in [3.05, 3.63) is 53.1 Å². The van der Waals surface area contributed by atoms with E-state index in [0.717, 1.165) is 5.56 Å². The first-order valence-corrected chi connectivity index (χ1v) is 8.87. The van der Waals surface area contributed by atoms with Crippen molar-refractivity contribution >= 4 is 23.5 Å². The lowest BCUT2D eigenvalue weighted by molar-refractivity contribution is -0.156. The summed E-state index contributed by atoms with van der Waals surface area (Å²) in [4.78, 5) is 24.0. The molecule has 7 nitrogen and oxygen atoms in total. The van der Waals surface area contributed by atoms with Crippen molar-refractivity contribution in [1.82, 2.24) is 5.32 Å². The fraction of sp³-hybridized carbons (Fsp3) is 0.300. The van der Waals surface area contributed by atoms with E-state index < -0.39 is 18.0 Å². The van der Waals surface area contributed by atoms with Gasteiger partial charge >= 0.3 is 5.97 Å². The van der Waals surface area contributed by atoms with E-state index in [-0.39, 0.29) is 13.2 Å². The first-order chi connectivity index (χ1) is 13.4. The summed E-state index contributed by atoms with van der Waals surface area (Å²) in [6, 6.07) is 12.1. The average Bonchev–Trinajstić information content (AvgIpc) is 2.71. The molecule has 2 aromatic rings. The first kappa shape index (κ1) is 21.4. The minimum absolute atomic E-state index is 0.247. The van der Waals surface area contributed by atoms with Crippen molar-refractivity contribution in [2.75, 3.05) is 20.8 Å². The maximum Gasteiger partial charge on any atom is 0.344 e. The number of ether oxygens (including phenoxy) is 4. The summed E-state index contributed by atoms with van der Waals surface area (Å²) in [6.45, 7) is 1.38. The van der Waals surface area contributed by atoms with Crippen LogP contribution in [0.5, 0.6) is 17.2 Å². The van der Waals surface area contributed by atoms with Crippen molar-refractivity contribution in [2.24, 2.45) is 0 Å². The lowest BCUT2D eigenvalue weighted by Crippen LogP contribution is -2.36. The predicted octanol–water partition coefficient (Wildman–Crippen LogP) is 2.98. The van der Waals surface area contributed by atoms with Gasteiger partial charge in [0.2, 0.25) is 0 Å². The van der Waals surface area contributed by atoms with E-state index in [4.69, 9.17) is 30.5 Å². The van der Waals surface area contributed by atoms with E-state index in [2.05, 4.69) is 5.32 Å². The molecule has 1 unspecified atom stereocenters. The Morgan fingerprint density at radius 3 is 2.43 bits per heavy atom. The number of hydrogen-bond donors (Lipinski definition) is 1. The number of benzene rings is 2. The third-order valence-corrected chi connectivity index (χ3v) is 4.09. The highest BCUT2D eigenvalue weighted by Crippen LogP contribution is 2.27. The Labute approximate surface area is 168 Å². The maximum atomic E-state index is 12.2. The van der Waals surface area contributed by atoms with Crippen molar-refractivity contribution in [1.29, 1.82) is 0 Å². The SMILES string of the molecule is COc1ccc(CNC(=O)C(C)OC(=O)COc2ccccc2Cl)cc1OC. The molecule has 0 aliphatic carbocycles. The lowest BCUT2D eigenvalue weighted by Gasteiger charge is -2.15. The molecule has 0 fully saturated rings. The Bertz CT molecular complexity index is 826. The Hall–Kier alpha value is -2.93. The molecule has 28 heavy (non-hydrogen) atoms. The van der Waals surface area contributed by atoms with E-state index in [0.29, 0.717) is 22.3 Å². The molecule has 150 valence electrons. The van der Waals surface area contributed by atoms with Gasteiger partial charge in [0.1, 0.15) is 5.75 Å². The lowest BCUT2D eigenvalue weighted by atomic mass is 10.2. The van der Waals surface area contributed by atoms with Gasteiger partial charge < -0.3 is 24.3 Å². The van der Waals surface area contributed by atoms with Gasteiger partial charge in [-0.15, -0.1) is 0 Å². The number of para-hydroxylation sites is 1. The molecule has 0 spiro atoms. The Balaban J connectivity index is 1.80. The number of halogens is 1. The zero-order chi connectivity index (χ0) is 20.5. The fourth-order valence-corrected chi connectivity index (χ4v) is 2.50. The molecule has 0 saturated carbocycles. The summed E-state index contributed by atoms with van der Waals surface area (Å²) in [5.74, 6) is 0.421. The third kappa shape index (κ3) is 6.06. The summed E-state index contributed by atoms with van der Waals surface area (Å²) in [6.07, 6.45) is -0.970. The van der Waals surface area contributed by atoms with Crippen LogP contribution in [0.15, 0.2) is 42.5 Å². The van der Waals surface area contributed by atoms with E-state index >= 15 is 0 Å². The van der Waals surface area contributed by atoms with E-state index in [1.807, 2.05) is 0 Å². The van der Waals surface area contributed by atoms with Gasteiger partial charge in [0.25, 0.3) is 5.91 Å². The molecule has 0 heterocycles. The van der Waals surface area contributed by atoms with Gasteiger partial charge in [0, 0.05) is 6.54 Å². The van der Waals surface area contributed by atoms with Crippen molar-refractivity contribution in [3.63, 3.8) is 0 Å². The molecular weight excluding hydrogens is 386 g/mol. The maximum absolute atomic E-state index is 12.2. The molecule has 2 rings (SSSR count). The largest absolute Gasteiger partial charge is 0.493 e. The molecule has 0 radical (unpaired) electrons. The van der Waals surface area contributed by atoms with Crippen LogP contribution in [-0.2, 0) is 20.9 Å². The normalized spacial score (nSPS) is 11.3. The van der Waals surface area contributed by atoms with Crippen LogP contribution in [0.25, 0.3) is 0 Å². The van der Waals surface area contributed by atoms with Gasteiger partial charge in [0.05, 0.1) is 19.2 Å². The van der Waals surface area contributed by atoms with Gasteiger partial charge in [-0.3, -0.25) is 4.79 Å². The summed E-state index contributed by atoms with van der Waals surface area (Å²) in [5, 5.41) is 3.09. The molecule has 8 heteroatoms. The van der Waals surface area contributed by atoms with Gasteiger partial charge in [-0.2, -0.15) is 0 Å². The van der Waals surface area contributed by atoms with Gasteiger partial charge in [-0.05, 0) is 36.8 Å². The second kappa shape index (κ2) is 10.4. The Morgan fingerprint density at radius 1 is 1.04 bits per heavy atom. The molecule has 1 amide bonds. The summed E-state index contributed by atoms with van der Waals surface area (Å²) in [5.41, 5.74) is 0.812. The topological polar surface area (TPSA) is 83.1 Å². The zero-order valence-corrected chi connectivity index (χ0v) is 16.6. The van der Waals surface area contributed by atoms with E-state index in [9.17, 15) is 9.59 Å². The number of esters is 1. The predicted molar refractivity (Wildman–Crippen MR) is 104 cm³/mol. The minimum Gasteiger partial charge on any atom is -0.493 e.